The molecule has 2 aromatic rings. The van der Waals surface area contributed by atoms with Gasteiger partial charge < -0.3 is 10.6 Å². The zero-order valence-corrected chi connectivity index (χ0v) is 11.4. The first-order valence-corrected chi connectivity index (χ1v) is 6.98. The van der Waals surface area contributed by atoms with Crippen molar-refractivity contribution in [2.75, 3.05) is 16.9 Å². The Bertz CT molecular complexity index is 634. The molecule has 2 aromatic carbocycles. The normalized spacial score (nSPS) is 10.2. The molecule has 0 fully saturated rings. The Morgan fingerprint density at radius 3 is 2.45 bits per heavy atom. The van der Waals surface area contributed by atoms with Gasteiger partial charge in [-0.3, -0.25) is 0 Å². The number of carbonyl (C=O) groups excluding carboxylic acids is 1. The summed E-state index contributed by atoms with van der Waals surface area (Å²) in [6.45, 7) is 0. The molecule has 6 heteroatoms. The number of thioether (sulfide) groups is 1. The largest absolute Gasteiger partial charge is 0.323 e. The van der Waals surface area contributed by atoms with Gasteiger partial charge in [0.05, 0.1) is 11.4 Å². The molecule has 0 radical (unpaired) electrons. The summed E-state index contributed by atoms with van der Waals surface area (Å²) >= 11 is 1.48. The van der Waals surface area contributed by atoms with E-state index in [0.29, 0.717) is 11.8 Å². The van der Waals surface area contributed by atoms with Crippen LogP contribution in [0, 0.1) is 11.6 Å². The van der Waals surface area contributed by atoms with Gasteiger partial charge in [0.1, 0.15) is 11.6 Å². The molecule has 0 saturated heterocycles. The number of urea groups is 1. The van der Waals surface area contributed by atoms with Crippen molar-refractivity contribution in [3.05, 3.63) is 54.1 Å². The lowest BCUT2D eigenvalue weighted by molar-refractivity contribution is 0.262. The summed E-state index contributed by atoms with van der Waals surface area (Å²) in [6.07, 6.45) is 1.89. The van der Waals surface area contributed by atoms with Crippen LogP contribution in [-0.4, -0.2) is 12.3 Å². The van der Waals surface area contributed by atoms with E-state index in [9.17, 15) is 13.6 Å². The van der Waals surface area contributed by atoms with E-state index in [-0.39, 0.29) is 5.69 Å². The van der Waals surface area contributed by atoms with Gasteiger partial charge in [0.25, 0.3) is 0 Å². The minimum Gasteiger partial charge on any atom is -0.307 e. The summed E-state index contributed by atoms with van der Waals surface area (Å²) in [7, 11) is 0. The van der Waals surface area contributed by atoms with Crippen molar-refractivity contribution in [1.29, 1.82) is 0 Å². The van der Waals surface area contributed by atoms with E-state index >= 15 is 0 Å². The van der Waals surface area contributed by atoms with Crippen LogP contribution in [0.3, 0.4) is 0 Å². The second-order valence-corrected chi connectivity index (χ2v) is 4.75. The second kappa shape index (κ2) is 6.38. The maximum absolute atomic E-state index is 13.4. The maximum atomic E-state index is 13.4. The standard InChI is InChI=1S/C14H12F2N2OS/c1-20-13-5-3-2-4-12(13)18-14(19)17-11-7-6-9(15)8-10(11)16/h2-8H,1H3,(H2,17,18,19). The van der Waals surface area contributed by atoms with Crippen molar-refractivity contribution in [2.45, 2.75) is 4.90 Å². The molecule has 104 valence electrons. The molecule has 20 heavy (non-hydrogen) atoms. The summed E-state index contributed by atoms with van der Waals surface area (Å²) in [5, 5.41) is 4.96. The number of halogens is 2. The topological polar surface area (TPSA) is 41.1 Å². The maximum Gasteiger partial charge on any atom is 0.323 e. The second-order valence-electron chi connectivity index (χ2n) is 3.90. The average Bonchev–Trinajstić information content (AvgIpc) is 2.42. The molecule has 0 bridgehead atoms. The summed E-state index contributed by atoms with van der Waals surface area (Å²) < 4.78 is 26.2. The van der Waals surface area contributed by atoms with E-state index in [4.69, 9.17) is 0 Å². The highest BCUT2D eigenvalue weighted by Crippen LogP contribution is 2.25. The molecule has 3 nitrogen and oxygen atoms in total. The van der Waals surface area contributed by atoms with Gasteiger partial charge in [-0.15, -0.1) is 11.8 Å². The summed E-state index contributed by atoms with van der Waals surface area (Å²) in [5.41, 5.74) is 0.547. The van der Waals surface area contributed by atoms with Crippen LogP contribution in [-0.2, 0) is 0 Å². The Labute approximate surface area is 119 Å². The van der Waals surface area contributed by atoms with Gasteiger partial charge in [-0.2, -0.15) is 0 Å². The third-order valence-corrected chi connectivity index (χ3v) is 3.33. The molecule has 0 aliphatic carbocycles. The van der Waals surface area contributed by atoms with Crippen LogP contribution in [0.25, 0.3) is 0 Å². The predicted molar refractivity (Wildman–Crippen MR) is 77.2 cm³/mol. The number of rotatable bonds is 3. The molecule has 0 spiro atoms. The molecular formula is C14H12F2N2OS. The van der Waals surface area contributed by atoms with Gasteiger partial charge in [0.2, 0.25) is 0 Å². The van der Waals surface area contributed by atoms with Crippen LogP contribution in [0.1, 0.15) is 0 Å². The van der Waals surface area contributed by atoms with Crippen LogP contribution in [0.4, 0.5) is 25.0 Å². The lowest BCUT2D eigenvalue weighted by atomic mass is 10.3. The number of hydrogen-bond donors (Lipinski definition) is 2. The first-order chi connectivity index (χ1) is 9.60. The number of amides is 2. The van der Waals surface area contributed by atoms with Gasteiger partial charge in [-0.1, -0.05) is 12.1 Å². The smallest absolute Gasteiger partial charge is 0.307 e. The van der Waals surface area contributed by atoms with Crippen molar-refractivity contribution >= 4 is 29.2 Å². The number of benzene rings is 2. The monoisotopic (exact) mass is 294 g/mol. The van der Waals surface area contributed by atoms with Crippen LogP contribution in [0.5, 0.6) is 0 Å². The van der Waals surface area contributed by atoms with Crippen molar-refractivity contribution in [3.63, 3.8) is 0 Å². The molecule has 0 saturated carbocycles. The zero-order valence-electron chi connectivity index (χ0n) is 10.6. The Kier molecular flexibility index (Phi) is 4.57. The number of carbonyl (C=O) groups is 1. The molecule has 0 aliphatic heterocycles. The lowest BCUT2D eigenvalue weighted by Gasteiger charge is -2.11. The summed E-state index contributed by atoms with van der Waals surface area (Å²) in [5.74, 6) is -1.51. The molecule has 2 N–H and O–H groups in total. The van der Waals surface area contributed by atoms with E-state index in [1.165, 1.54) is 17.8 Å². The third kappa shape index (κ3) is 3.48. The number of para-hydroxylation sites is 1. The minimum atomic E-state index is -0.821. The van der Waals surface area contributed by atoms with Crippen molar-refractivity contribution in [1.82, 2.24) is 0 Å². The highest BCUT2D eigenvalue weighted by Gasteiger charge is 2.09. The zero-order chi connectivity index (χ0) is 14.5. The SMILES string of the molecule is CSc1ccccc1NC(=O)Nc1ccc(F)cc1F. The van der Waals surface area contributed by atoms with Gasteiger partial charge in [0, 0.05) is 11.0 Å². The predicted octanol–water partition coefficient (Wildman–Crippen LogP) is 4.33. The average molecular weight is 294 g/mol. The fraction of sp³-hybridized carbons (Fsp3) is 0.0714. The summed E-state index contributed by atoms with van der Waals surface area (Å²) in [4.78, 5) is 12.7. The van der Waals surface area contributed by atoms with E-state index in [2.05, 4.69) is 10.6 Å². The molecule has 0 heterocycles. The van der Waals surface area contributed by atoms with Gasteiger partial charge >= 0.3 is 6.03 Å². The highest BCUT2D eigenvalue weighted by atomic mass is 32.2. The summed E-state index contributed by atoms with van der Waals surface area (Å²) in [6, 6.07) is 9.62. The molecule has 0 aliphatic rings. The van der Waals surface area contributed by atoms with E-state index in [1.54, 1.807) is 12.1 Å². The number of nitrogens with one attached hydrogen (secondary N) is 2. The Hall–Kier alpha value is -2.08. The van der Waals surface area contributed by atoms with Crippen molar-refractivity contribution < 1.29 is 13.6 Å². The fourth-order valence-corrected chi connectivity index (χ4v) is 2.17. The van der Waals surface area contributed by atoms with Crippen molar-refractivity contribution in [2.24, 2.45) is 0 Å². The number of hydrogen-bond acceptors (Lipinski definition) is 2. The van der Waals surface area contributed by atoms with Crippen LogP contribution >= 0.6 is 11.8 Å². The highest BCUT2D eigenvalue weighted by molar-refractivity contribution is 7.98. The molecule has 2 rings (SSSR count). The Morgan fingerprint density at radius 1 is 1.05 bits per heavy atom. The van der Waals surface area contributed by atoms with Crippen LogP contribution in [0.2, 0.25) is 0 Å². The third-order valence-electron chi connectivity index (χ3n) is 2.53. The van der Waals surface area contributed by atoms with Crippen LogP contribution < -0.4 is 10.6 Å². The number of anilines is 2. The molecule has 0 unspecified atom stereocenters. The quantitative estimate of drug-likeness (QED) is 0.827. The van der Waals surface area contributed by atoms with E-state index in [1.807, 2.05) is 18.4 Å². The first kappa shape index (κ1) is 14.3. The van der Waals surface area contributed by atoms with Gasteiger partial charge in [-0.25, -0.2) is 13.6 Å². The Morgan fingerprint density at radius 2 is 1.75 bits per heavy atom. The van der Waals surface area contributed by atoms with E-state index < -0.39 is 17.7 Å². The van der Waals surface area contributed by atoms with Crippen molar-refractivity contribution in [3.8, 4) is 0 Å². The fourth-order valence-electron chi connectivity index (χ4n) is 1.61. The first-order valence-electron chi connectivity index (χ1n) is 5.76. The molecule has 2 amide bonds. The minimum absolute atomic E-state index is 0.0782. The van der Waals surface area contributed by atoms with Gasteiger partial charge in [-0.05, 0) is 30.5 Å². The lowest BCUT2D eigenvalue weighted by Crippen LogP contribution is -2.20. The Balaban J connectivity index is 2.09. The molecule has 0 atom stereocenters. The van der Waals surface area contributed by atoms with Gasteiger partial charge in [0.15, 0.2) is 0 Å². The molecular weight excluding hydrogens is 282 g/mol. The molecule has 0 aromatic heterocycles. The van der Waals surface area contributed by atoms with E-state index in [0.717, 1.165) is 11.0 Å². The van der Waals surface area contributed by atoms with Crippen LogP contribution in [0.15, 0.2) is 47.4 Å².